The van der Waals surface area contributed by atoms with E-state index >= 15 is 0 Å². The molecule has 1 saturated heterocycles. The molecule has 0 saturated carbocycles. The highest BCUT2D eigenvalue weighted by Crippen LogP contribution is 2.16. The van der Waals surface area contributed by atoms with Crippen LogP contribution < -0.4 is 10.2 Å². The summed E-state index contributed by atoms with van der Waals surface area (Å²) in [6, 6.07) is 2.31. The van der Waals surface area contributed by atoms with Gasteiger partial charge in [-0.3, -0.25) is 0 Å². The lowest BCUT2D eigenvalue weighted by atomic mass is 10.2. The van der Waals surface area contributed by atoms with Gasteiger partial charge >= 0.3 is 0 Å². The lowest BCUT2D eigenvalue weighted by Crippen LogP contribution is -2.50. The van der Waals surface area contributed by atoms with Gasteiger partial charge in [-0.1, -0.05) is 0 Å². The molecule has 2 heterocycles. The summed E-state index contributed by atoms with van der Waals surface area (Å²) in [5.74, 6) is 0.825. The number of hydrogen-bond acceptors (Lipinski definition) is 5. The third-order valence-corrected chi connectivity index (χ3v) is 2.89. The second-order valence-corrected chi connectivity index (χ2v) is 4.43. The van der Waals surface area contributed by atoms with Crippen LogP contribution in [0.15, 0.2) is 6.07 Å². The molecule has 94 valence electrons. The summed E-state index contributed by atoms with van der Waals surface area (Å²) in [4.78, 5) is 11.3. The first kappa shape index (κ1) is 12.3. The zero-order valence-corrected chi connectivity index (χ0v) is 10.7. The first-order valence-corrected chi connectivity index (χ1v) is 6.02. The van der Waals surface area contributed by atoms with Crippen LogP contribution in [0.4, 0.5) is 5.95 Å². The molecule has 1 aromatic rings. The molecule has 17 heavy (non-hydrogen) atoms. The number of hydrogen-bond donors (Lipinski definition) is 1. The van der Waals surface area contributed by atoms with Crippen LogP contribution in [0, 0.1) is 13.8 Å². The van der Waals surface area contributed by atoms with Crippen LogP contribution in [-0.4, -0.2) is 49.4 Å². The molecule has 1 aliphatic heterocycles. The van der Waals surface area contributed by atoms with Gasteiger partial charge in [-0.15, -0.1) is 0 Å². The van der Waals surface area contributed by atoms with Gasteiger partial charge in [0.2, 0.25) is 5.95 Å². The normalized spacial score (nSPS) is 20.6. The second-order valence-electron chi connectivity index (χ2n) is 4.43. The highest BCUT2D eigenvalue weighted by Gasteiger charge is 2.24. The Labute approximate surface area is 102 Å². The van der Waals surface area contributed by atoms with Crippen molar-refractivity contribution in [3.63, 3.8) is 0 Å². The van der Waals surface area contributed by atoms with Gasteiger partial charge < -0.3 is 15.0 Å². The largest absolute Gasteiger partial charge is 0.377 e. The maximum Gasteiger partial charge on any atom is 0.226 e. The van der Waals surface area contributed by atoms with E-state index in [0.29, 0.717) is 6.04 Å². The molecule has 1 unspecified atom stereocenters. The maximum atomic E-state index is 5.51. The van der Waals surface area contributed by atoms with E-state index in [1.807, 2.05) is 27.0 Å². The minimum absolute atomic E-state index is 0.315. The predicted molar refractivity (Wildman–Crippen MR) is 67.4 cm³/mol. The number of rotatable bonds is 3. The fraction of sp³-hybridized carbons (Fsp3) is 0.667. The fourth-order valence-corrected chi connectivity index (χ4v) is 2.16. The van der Waals surface area contributed by atoms with E-state index in [2.05, 4.69) is 20.2 Å². The molecule has 0 bridgehead atoms. The average molecular weight is 236 g/mol. The molecule has 0 spiro atoms. The van der Waals surface area contributed by atoms with Crippen LogP contribution in [0.1, 0.15) is 11.4 Å². The van der Waals surface area contributed by atoms with E-state index in [1.165, 1.54) is 0 Å². The summed E-state index contributed by atoms with van der Waals surface area (Å²) in [7, 11) is 1.95. The zero-order chi connectivity index (χ0) is 12.3. The highest BCUT2D eigenvalue weighted by molar-refractivity contribution is 5.34. The first-order valence-electron chi connectivity index (χ1n) is 6.02. The van der Waals surface area contributed by atoms with Gasteiger partial charge in [0.15, 0.2) is 0 Å². The zero-order valence-electron chi connectivity index (χ0n) is 10.7. The van der Waals surface area contributed by atoms with Crippen LogP contribution in [0.5, 0.6) is 0 Å². The minimum atomic E-state index is 0.315. The first-order chi connectivity index (χ1) is 8.20. The molecule has 1 fully saturated rings. The summed E-state index contributed by atoms with van der Waals surface area (Å²) in [6.45, 7) is 7.23. The van der Waals surface area contributed by atoms with Crippen molar-refractivity contribution < 1.29 is 4.74 Å². The van der Waals surface area contributed by atoms with Crippen molar-refractivity contribution in [1.29, 1.82) is 0 Å². The molecule has 1 atom stereocenters. The molecular weight excluding hydrogens is 216 g/mol. The molecule has 0 amide bonds. The van der Waals surface area contributed by atoms with E-state index in [-0.39, 0.29) is 0 Å². The molecule has 2 rings (SSSR count). The Kier molecular flexibility index (Phi) is 3.91. The number of anilines is 1. The van der Waals surface area contributed by atoms with Crippen molar-refractivity contribution in [3.05, 3.63) is 17.5 Å². The van der Waals surface area contributed by atoms with E-state index < -0.39 is 0 Å². The SMILES string of the molecule is CNCC1COCCN1c1nc(C)cc(C)n1. The van der Waals surface area contributed by atoms with Gasteiger partial charge in [-0.2, -0.15) is 0 Å². The topological polar surface area (TPSA) is 50.3 Å². The Balaban J connectivity index is 2.22. The van der Waals surface area contributed by atoms with Gasteiger partial charge in [0.25, 0.3) is 0 Å². The molecule has 1 aliphatic rings. The van der Waals surface area contributed by atoms with E-state index in [1.54, 1.807) is 0 Å². The number of aromatic nitrogens is 2. The molecule has 5 heteroatoms. The summed E-state index contributed by atoms with van der Waals surface area (Å²) in [5.41, 5.74) is 2.03. The van der Waals surface area contributed by atoms with Crippen LogP contribution in [-0.2, 0) is 4.74 Å². The molecule has 0 aliphatic carbocycles. The summed E-state index contributed by atoms with van der Waals surface area (Å²) < 4.78 is 5.51. The lowest BCUT2D eigenvalue weighted by Gasteiger charge is -2.35. The van der Waals surface area contributed by atoms with Gasteiger partial charge in [-0.25, -0.2) is 9.97 Å². The average Bonchev–Trinajstić information content (AvgIpc) is 2.29. The number of aryl methyl sites for hydroxylation is 2. The molecular formula is C12H20N4O. The summed E-state index contributed by atoms with van der Waals surface area (Å²) in [6.07, 6.45) is 0. The minimum Gasteiger partial charge on any atom is -0.377 e. The number of ether oxygens (including phenoxy) is 1. The van der Waals surface area contributed by atoms with E-state index in [4.69, 9.17) is 4.74 Å². The van der Waals surface area contributed by atoms with Crippen LogP contribution in [0.25, 0.3) is 0 Å². The number of nitrogens with zero attached hydrogens (tertiary/aromatic N) is 3. The van der Waals surface area contributed by atoms with Crippen LogP contribution >= 0.6 is 0 Å². The van der Waals surface area contributed by atoms with E-state index in [0.717, 1.165) is 43.6 Å². The number of morpholine rings is 1. The standard InChI is InChI=1S/C12H20N4O/c1-9-6-10(2)15-12(14-9)16-4-5-17-8-11(16)7-13-3/h6,11,13H,4-5,7-8H2,1-3H3. The molecule has 5 nitrogen and oxygen atoms in total. The predicted octanol–water partition coefficient (Wildman–Crippen LogP) is 0.518. The van der Waals surface area contributed by atoms with Gasteiger partial charge in [-0.05, 0) is 27.0 Å². The van der Waals surface area contributed by atoms with Crippen molar-refractivity contribution in [1.82, 2.24) is 15.3 Å². The summed E-state index contributed by atoms with van der Waals surface area (Å²) in [5, 5.41) is 3.19. The van der Waals surface area contributed by atoms with Crippen molar-refractivity contribution in [2.75, 3.05) is 38.3 Å². The van der Waals surface area contributed by atoms with Crippen molar-refractivity contribution >= 4 is 5.95 Å². The second kappa shape index (κ2) is 5.42. The van der Waals surface area contributed by atoms with Crippen molar-refractivity contribution in [3.8, 4) is 0 Å². The lowest BCUT2D eigenvalue weighted by molar-refractivity contribution is 0.0934. The molecule has 1 N–H and O–H groups in total. The Hall–Kier alpha value is -1.20. The van der Waals surface area contributed by atoms with E-state index in [9.17, 15) is 0 Å². The van der Waals surface area contributed by atoms with Gasteiger partial charge in [0.05, 0.1) is 19.3 Å². The Morgan fingerprint density at radius 1 is 1.41 bits per heavy atom. The Morgan fingerprint density at radius 3 is 2.76 bits per heavy atom. The van der Waals surface area contributed by atoms with Gasteiger partial charge in [0, 0.05) is 24.5 Å². The smallest absolute Gasteiger partial charge is 0.226 e. The quantitative estimate of drug-likeness (QED) is 0.829. The fourth-order valence-electron chi connectivity index (χ4n) is 2.16. The number of nitrogens with one attached hydrogen (secondary N) is 1. The Bertz CT molecular complexity index is 361. The van der Waals surface area contributed by atoms with Crippen LogP contribution in [0.3, 0.4) is 0 Å². The van der Waals surface area contributed by atoms with Crippen molar-refractivity contribution in [2.24, 2.45) is 0 Å². The van der Waals surface area contributed by atoms with Gasteiger partial charge in [0.1, 0.15) is 0 Å². The van der Waals surface area contributed by atoms with Crippen LogP contribution in [0.2, 0.25) is 0 Å². The summed E-state index contributed by atoms with van der Waals surface area (Å²) >= 11 is 0. The number of likely N-dealkylation sites (N-methyl/N-ethyl adjacent to an activating group) is 1. The highest BCUT2D eigenvalue weighted by atomic mass is 16.5. The molecule has 1 aromatic heterocycles. The van der Waals surface area contributed by atoms with Crippen molar-refractivity contribution in [2.45, 2.75) is 19.9 Å². The maximum absolute atomic E-state index is 5.51. The molecule has 0 radical (unpaired) electrons. The Morgan fingerprint density at radius 2 is 2.12 bits per heavy atom. The third kappa shape index (κ3) is 2.92. The monoisotopic (exact) mass is 236 g/mol. The third-order valence-electron chi connectivity index (χ3n) is 2.89. The molecule has 0 aromatic carbocycles.